The van der Waals surface area contributed by atoms with Crippen molar-refractivity contribution in [1.82, 2.24) is 25.1 Å². The lowest BCUT2D eigenvalue weighted by atomic mass is 10.3. The number of nitrogens with zero attached hydrogens (tertiary/aromatic N) is 5. The Hall–Kier alpha value is -1.87. The third-order valence-electron chi connectivity index (χ3n) is 4.32. The van der Waals surface area contributed by atoms with Gasteiger partial charge in [-0.05, 0) is 12.8 Å². The number of hydrogen-bond donors (Lipinski definition) is 1. The maximum atomic E-state index is 11.7. The van der Waals surface area contributed by atoms with E-state index in [0.717, 1.165) is 53.7 Å². The lowest BCUT2D eigenvalue weighted by Gasteiger charge is -2.28. The molecule has 9 heteroatoms. The van der Waals surface area contributed by atoms with Gasteiger partial charge in [0.05, 0.1) is 31.3 Å². The van der Waals surface area contributed by atoms with Gasteiger partial charge in [-0.1, -0.05) is 25.6 Å². The predicted octanol–water partition coefficient (Wildman–Crippen LogP) is 2.08. The van der Waals surface area contributed by atoms with E-state index >= 15 is 0 Å². The highest BCUT2D eigenvalue weighted by atomic mass is 32.2. The first-order valence-corrected chi connectivity index (χ1v) is 10.7. The van der Waals surface area contributed by atoms with Crippen LogP contribution < -0.4 is 10.2 Å². The summed E-state index contributed by atoms with van der Waals surface area (Å²) in [4.78, 5) is 23.5. The number of thioether (sulfide) groups is 1. The number of anilines is 1. The second-order valence-corrected chi connectivity index (χ2v) is 7.54. The van der Waals surface area contributed by atoms with E-state index in [-0.39, 0.29) is 5.91 Å². The standard InChI is InChI=1S/C18H28N6O2S/c1-3-5-15(25)19-6-7-24-17-14(13-20-24)16(23-8-10-26-11-9-23)21-18(22-17)27-12-4-2/h13H,3-12H2,1-2H3,(H,19,25). The monoisotopic (exact) mass is 392 g/mol. The van der Waals surface area contributed by atoms with Gasteiger partial charge in [-0.3, -0.25) is 4.79 Å². The van der Waals surface area contributed by atoms with Gasteiger partial charge in [0, 0.05) is 31.8 Å². The van der Waals surface area contributed by atoms with Crippen LogP contribution in [0.1, 0.15) is 33.1 Å². The average molecular weight is 393 g/mol. The van der Waals surface area contributed by atoms with Crippen molar-refractivity contribution >= 4 is 34.5 Å². The first kappa shape index (κ1) is 19.9. The van der Waals surface area contributed by atoms with Crippen molar-refractivity contribution in [2.45, 2.75) is 44.8 Å². The molecule has 0 unspecified atom stereocenters. The molecule has 1 N–H and O–H groups in total. The van der Waals surface area contributed by atoms with Crippen LogP contribution in [0, 0.1) is 0 Å². The summed E-state index contributed by atoms with van der Waals surface area (Å²) in [6.45, 7) is 8.35. The molecule has 0 aliphatic carbocycles. The fourth-order valence-electron chi connectivity index (χ4n) is 2.98. The van der Waals surface area contributed by atoms with Crippen LogP contribution in [0.4, 0.5) is 5.82 Å². The highest BCUT2D eigenvalue weighted by Crippen LogP contribution is 2.28. The lowest BCUT2D eigenvalue weighted by molar-refractivity contribution is -0.121. The first-order valence-electron chi connectivity index (χ1n) is 9.68. The van der Waals surface area contributed by atoms with Gasteiger partial charge in [0.1, 0.15) is 5.82 Å². The van der Waals surface area contributed by atoms with Crippen molar-refractivity contribution in [3.63, 3.8) is 0 Å². The number of fused-ring (bicyclic) bond motifs is 1. The van der Waals surface area contributed by atoms with E-state index in [0.29, 0.717) is 32.7 Å². The molecule has 1 aliphatic rings. The Morgan fingerprint density at radius 1 is 1.26 bits per heavy atom. The number of rotatable bonds is 9. The van der Waals surface area contributed by atoms with Gasteiger partial charge in [0.2, 0.25) is 5.91 Å². The number of ether oxygens (including phenoxy) is 1. The second kappa shape index (κ2) is 9.89. The van der Waals surface area contributed by atoms with E-state index in [1.165, 1.54) is 0 Å². The molecule has 0 bridgehead atoms. The Kier molecular flexibility index (Phi) is 7.28. The van der Waals surface area contributed by atoms with Crippen LogP contribution in [-0.4, -0.2) is 64.3 Å². The molecule has 0 aromatic carbocycles. The molecule has 1 aliphatic heterocycles. The van der Waals surface area contributed by atoms with Crippen LogP contribution in [0.3, 0.4) is 0 Å². The maximum Gasteiger partial charge on any atom is 0.220 e. The van der Waals surface area contributed by atoms with Crippen LogP contribution in [0.15, 0.2) is 11.4 Å². The highest BCUT2D eigenvalue weighted by molar-refractivity contribution is 7.99. The van der Waals surface area contributed by atoms with Crippen LogP contribution in [0.25, 0.3) is 11.0 Å². The topological polar surface area (TPSA) is 85.2 Å². The van der Waals surface area contributed by atoms with Crippen LogP contribution in [0.2, 0.25) is 0 Å². The minimum Gasteiger partial charge on any atom is -0.378 e. The second-order valence-electron chi connectivity index (χ2n) is 6.48. The summed E-state index contributed by atoms with van der Waals surface area (Å²) in [5, 5.41) is 9.19. The average Bonchev–Trinajstić information content (AvgIpc) is 3.09. The molecule has 148 valence electrons. The molecule has 1 fully saturated rings. The van der Waals surface area contributed by atoms with E-state index in [9.17, 15) is 4.79 Å². The first-order chi connectivity index (χ1) is 13.2. The molecular weight excluding hydrogens is 364 g/mol. The summed E-state index contributed by atoms with van der Waals surface area (Å²) in [5.74, 6) is 2.00. The van der Waals surface area contributed by atoms with Gasteiger partial charge in [0.25, 0.3) is 0 Å². The van der Waals surface area contributed by atoms with Crippen molar-refractivity contribution in [1.29, 1.82) is 0 Å². The minimum atomic E-state index is 0.0804. The van der Waals surface area contributed by atoms with Gasteiger partial charge in [-0.15, -0.1) is 0 Å². The largest absolute Gasteiger partial charge is 0.378 e. The van der Waals surface area contributed by atoms with Gasteiger partial charge in [-0.25, -0.2) is 14.6 Å². The molecule has 8 nitrogen and oxygen atoms in total. The predicted molar refractivity (Wildman–Crippen MR) is 107 cm³/mol. The van der Waals surface area contributed by atoms with Crippen molar-refractivity contribution in [3.05, 3.63) is 6.20 Å². The quantitative estimate of drug-likeness (QED) is 0.516. The van der Waals surface area contributed by atoms with E-state index in [1.807, 2.05) is 17.8 Å². The van der Waals surface area contributed by atoms with E-state index in [1.54, 1.807) is 11.8 Å². The SMILES string of the molecule is CCCSc1nc(N2CCOCC2)c2cnn(CCNC(=O)CCC)c2n1. The van der Waals surface area contributed by atoms with E-state index in [2.05, 4.69) is 22.2 Å². The highest BCUT2D eigenvalue weighted by Gasteiger charge is 2.20. The third-order valence-corrected chi connectivity index (χ3v) is 5.38. The fraction of sp³-hybridized carbons (Fsp3) is 0.667. The van der Waals surface area contributed by atoms with Crippen molar-refractivity contribution in [2.24, 2.45) is 0 Å². The molecule has 2 aromatic heterocycles. The Morgan fingerprint density at radius 3 is 2.81 bits per heavy atom. The number of aromatic nitrogens is 4. The summed E-state index contributed by atoms with van der Waals surface area (Å²) in [6.07, 6.45) is 4.32. The number of carbonyl (C=O) groups excluding carboxylic acids is 1. The zero-order valence-corrected chi connectivity index (χ0v) is 16.9. The molecule has 2 aromatic rings. The Morgan fingerprint density at radius 2 is 2.07 bits per heavy atom. The Labute approximate surface area is 164 Å². The summed E-state index contributed by atoms with van der Waals surface area (Å²) < 4.78 is 7.34. The zero-order valence-electron chi connectivity index (χ0n) is 16.1. The molecule has 1 saturated heterocycles. The van der Waals surface area contributed by atoms with Crippen molar-refractivity contribution in [2.75, 3.05) is 43.5 Å². The van der Waals surface area contributed by atoms with E-state index in [4.69, 9.17) is 14.7 Å². The molecule has 0 atom stereocenters. The maximum absolute atomic E-state index is 11.7. The number of hydrogen-bond acceptors (Lipinski definition) is 7. The molecule has 3 rings (SSSR count). The summed E-state index contributed by atoms with van der Waals surface area (Å²) in [7, 11) is 0. The molecule has 27 heavy (non-hydrogen) atoms. The molecule has 0 radical (unpaired) electrons. The molecule has 0 spiro atoms. The smallest absolute Gasteiger partial charge is 0.220 e. The third kappa shape index (κ3) is 5.10. The number of amides is 1. The molecule has 3 heterocycles. The number of nitrogens with one attached hydrogen (secondary N) is 1. The van der Waals surface area contributed by atoms with E-state index < -0.39 is 0 Å². The van der Waals surface area contributed by atoms with Crippen molar-refractivity contribution in [3.8, 4) is 0 Å². The van der Waals surface area contributed by atoms with Crippen LogP contribution >= 0.6 is 11.8 Å². The van der Waals surface area contributed by atoms with Gasteiger partial charge < -0.3 is 15.0 Å². The summed E-state index contributed by atoms with van der Waals surface area (Å²) >= 11 is 1.67. The zero-order chi connectivity index (χ0) is 19.1. The molecule has 0 saturated carbocycles. The lowest BCUT2D eigenvalue weighted by Crippen LogP contribution is -2.37. The fourth-order valence-corrected chi connectivity index (χ4v) is 3.66. The van der Waals surface area contributed by atoms with Gasteiger partial charge >= 0.3 is 0 Å². The van der Waals surface area contributed by atoms with Gasteiger partial charge in [0.15, 0.2) is 10.8 Å². The van der Waals surface area contributed by atoms with Crippen LogP contribution in [0.5, 0.6) is 0 Å². The molecule has 1 amide bonds. The Bertz CT molecular complexity index is 760. The summed E-state index contributed by atoms with van der Waals surface area (Å²) in [5.41, 5.74) is 0.829. The minimum absolute atomic E-state index is 0.0804. The summed E-state index contributed by atoms with van der Waals surface area (Å²) in [6, 6.07) is 0. The number of morpholine rings is 1. The van der Waals surface area contributed by atoms with Gasteiger partial charge in [-0.2, -0.15) is 5.10 Å². The number of carbonyl (C=O) groups is 1. The normalized spacial score (nSPS) is 14.7. The van der Waals surface area contributed by atoms with Crippen LogP contribution in [-0.2, 0) is 16.1 Å². The van der Waals surface area contributed by atoms with Crippen molar-refractivity contribution < 1.29 is 9.53 Å². The molecular formula is C18H28N6O2S. The Balaban J connectivity index is 1.83.